The summed E-state index contributed by atoms with van der Waals surface area (Å²) in [6, 6.07) is 3.81. The molecule has 0 spiro atoms. The van der Waals surface area contributed by atoms with Crippen LogP contribution in [0.4, 0.5) is 17.6 Å². The molecule has 0 bridgehead atoms. The van der Waals surface area contributed by atoms with Gasteiger partial charge in [-0.1, -0.05) is 0 Å². The Labute approximate surface area is 106 Å². The zero-order valence-corrected chi connectivity index (χ0v) is 10.3. The summed E-state index contributed by atoms with van der Waals surface area (Å²) in [5.74, 6) is -4.03. The van der Waals surface area contributed by atoms with E-state index in [1.54, 1.807) is 0 Å². The van der Waals surface area contributed by atoms with E-state index >= 15 is 0 Å². The summed E-state index contributed by atoms with van der Waals surface area (Å²) in [7, 11) is 2.60. The van der Waals surface area contributed by atoms with Crippen LogP contribution in [0, 0.1) is 0 Å². The number of methoxy groups -OCH3 is 2. The Hall–Kier alpha value is -1.17. The summed E-state index contributed by atoms with van der Waals surface area (Å²) in [6.45, 7) is 0. The van der Waals surface area contributed by atoms with Crippen LogP contribution in [0.25, 0.3) is 0 Å². The molecule has 0 heterocycles. The largest absolute Gasteiger partial charge is 0.497 e. The van der Waals surface area contributed by atoms with Crippen LogP contribution in [-0.2, 0) is 0 Å². The highest BCUT2D eigenvalue weighted by Crippen LogP contribution is 2.45. The highest BCUT2D eigenvalue weighted by Gasteiger charge is 2.49. The van der Waals surface area contributed by atoms with Crippen molar-refractivity contribution in [3.8, 4) is 11.5 Å². The van der Waals surface area contributed by atoms with E-state index in [4.69, 9.17) is 21.1 Å². The van der Waals surface area contributed by atoms with Crippen molar-refractivity contribution < 1.29 is 27.0 Å². The molecule has 18 heavy (non-hydrogen) atoms. The summed E-state index contributed by atoms with van der Waals surface area (Å²) in [4.78, 5) is 0. The van der Waals surface area contributed by atoms with E-state index in [0.717, 1.165) is 0 Å². The summed E-state index contributed by atoms with van der Waals surface area (Å²) in [5.41, 5.74) is -0.217. The second kappa shape index (κ2) is 5.65. The van der Waals surface area contributed by atoms with Gasteiger partial charge in [-0.2, -0.15) is 8.78 Å². The fraction of sp³-hybridized carbons (Fsp3) is 0.455. The monoisotopic (exact) mass is 286 g/mol. The van der Waals surface area contributed by atoms with Crippen molar-refractivity contribution in [3.05, 3.63) is 23.8 Å². The van der Waals surface area contributed by atoms with E-state index in [0.29, 0.717) is 5.75 Å². The molecule has 0 fully saturated rings. The van der Waals surface area contributed by atoms with Gasteiger partial charge < -0.3 is 9.47 Å². The third-order valence-corrected chi connectivity index (χ3v) is 2.87. The maximum absolute atomic E-state index is 13.2. The fourth-order valence-corrected chi connectivity index (χ4v) is 1.62. The molecule has 0 saturated carbocycles. The highest BCUT2D eigenvalue weighted by molar-refractivity contribution is 6.21. The first-order valence-corrected chi connectivity index (χ1v) is 5.30. The van der Waals surface area contributed by atoms with E-state index in [2.05, 4.69) is 0 Å². The van der Waals surface area contributed by atoms with Gasteiger partial charge in [0.1, 0.15) is 16.9 Å². The molecule has 0 aliphatic rings. The van der Waals surface area contributed by atoms with Gasteiger partial charge in [0.05, 0.1) is 14.2 Å². The van der Waals surface area contributed by atoms with Crippen LogP contribution in [0.15, 0.2) is 18.2 Å². The lowest BCUT2D eigenvalue weighted by atomic mass is 10.1. The Balaban J connectivity index is 3.16. The van der Waals surface area contributed by atoms with E-state index in [1.165, 1.54) is 32.4 Å². The topological polar surface area (TPSA) is 18.5 Å². The Morgan fingerprint density at radius 3 is 2.22 bits per heavy atom. The minimum absolute atomic E-state index is 0.0327. The van der Waals surface area contributed by atoms with Crippen LogP contribution >= 0.6 is 11.6 Å². The van der Waals surface area contributed by atoms with Crippen molar-refractivity contribution >= 4 is 11.6 Å². The molecule has 0 saturated heterocycles. The minimum atomic E-state index is -4.34. The van der Waals surface area contributed by atoms with E-state index in [9.17, 15) is 17.6 Å². The Bertz CT molecular complexity index is 412. The normalized spacial score (nSPS) is 13.6. The van der Waals surface area contributed by atoms with Crippen molar-refractivity contribution in [2.45, 2.75) is 17.7 Å². The molecular formula is C11H11ClF4O2. The molecule has 1 rings (SSSR count). The summed E-state index contributed by atoms with van der Waals surface area (Å²) >= 11 is 5.42. The molecule has 1 unspecified atom stereocenters. The van der Waals surface area contributed by atoms with Gasteiger partial charge in [0, 0.05) is 11.6 Å². The number of alkyl halides is 5. The van der Waals surface area contributed by atoms with Crippen molar-refractivity contribution in [1.82, 2.24) is 0 Å². The summed E-state index contributed by atoms with van der Waals surface area (Å²) < 4.78 is 60.5. The lowest BCUT2D eigenvalue weighted by Crippen LogP contribution is -2.31. The predicted octanol–water partition coefficient (Wildman–Crippen LogP) is 3.88. The molecule has 7 heteroatoms. The van der Waals surface area contributed by atoms with Gasteiger partial charge in [-0.3, -0.25) is 0 Å². The number of halogens is 5. The van der Waals surface area contributed by atoms with Crippen LogP contribution in [-0.4, -0.2) is 26.6 Å². The van der Waals surface area contributed by atoms with Gasteiger partial charge in [0.25, 0.3) is 0 Å². The average Bonchev–Trinajstić information content (AvgIpc) is 2.36. The standard InChI is InChI=1S/C11H11ClF4O2/c1-17-6-3-4-7(8(5-6)18-2)9(12)11(15,16)10(13)14/h3-5,9-10H,1-2H3. The quantitative estimate of drug-likeness (QED) is 0.604. The van der Waals surface area contributed by atoms with Crippen molar-refractivity contribution in [1.29, 1.82) is 0 Å². The molecule has 1 aromatic carbocycles. The molecule has 0 amide bonds. The van der Waals surface area contributed by atoms with E-state index in [-0.39, 0.29) is 11.3 Å². The molecular weight excluding hydrogens is 276 g/mol. The average molecular weight is 287 g/mol. The van der Waals surface area contributed by atoms with Gasteiger partial charge in [0.2, 0.25) is 0 Å². The van der Waals surface area contributed by atoms with Crippen molar-refractivity contribution in [2.75, 3.05) is 14.2 Å². The van der Waals surface area contributed by atoms with Crippen LogP contribution < -0.4 is 9.47 Å². The number of hydrogen-bond acceptors (Lipinski definition) is 2. The Kier molecular flexibility index (Phi) is 4.67. The number of hydrogen-bond donors (Lipinski definition) is 0. The first-order valence-electron chi connectivity index (χ1n) is 4.86. The van der Waals surface area contributed by atoms with Gasteiger partial charge in [-0.05, 0) is 12.1 Å². The first kappa shape index (κ1) is 14.9. The maximum Gasteiger partial charge on any atom is 0.327 e. The zero-order valence-electron chi connectivity index (χ0n) is 9.59. The summed E-state index contributed by atoms with van der Waals surface area (Å²) in [5, 5.41) is -2.18. The molecule has 0 aliphatic carbocycles. The van der Waals surface area contributed by atoms with Gasteiger partial charge in [-0.15, -0.1) is 11.6 Å². The second-order valence-electron chi connectivity index (χ2n) is 3.45. The lowest BCUT2D eigenvalue weighted by molar-refractivity contribution is -0.130. The van der Waals surface area contributed by atoms with E-state index in [1.807, 2.05) is 0 Å². The van der Waals surface area contributed by atoms with E-state index < -0.39 is 17.7 Å². The smallest absolute Gasteiger partial charge is 0.327 e. The van der Waals surface area contributed by atoms with Gasteiger partial charge >= 0.3 is 12.3 Å². The van der Waals surface area contributed by atoms with Crippen LogP contribution in [0.2, 0.25) is 0 Å². The SMILES string of the molecule is COc1ccc(C(Cl)C(F)(F)C(F)F)c(OC)c1. The Morgan fingerprint density at radius 1 is 1.17 bits per heavy atom. The fourth-order valence-electron chi connectivity index (χ4n) is 1.35. The third kappa shape index (κ3) is 2.80. The van der Waals surface area contributed by atoms with Gasteiger partial charge in [-0.25, -0.2) is 8.78 Å². The molecule has 0 aliphatic heterocycles. The second-order valence-corrected chi connectivity index (χ2v) is 3.88. The van der Waals surface area contributed by atoms with Crippen molar-refractivity contribution in [3.63, 3.8) is 0 Å². The summed E-state index contributed by atoms with van der Waals surface area (Å²) in [6.07, 6.45) is -3.85. The van der Waals surface area contributed by atoms with Gasteiger partial charge in [0.15, 0.2) is 0 Å². The zero-order chi connectivity index (χ0) is 13.9. The molecule has 102 valence electrons. The molecule has 2 nitrogen and oxygen atoms in total. The molecule has 1 aromatic rings. The third-order valence-electron chi connectivity index (χ3n) is 2.34. The maximum atomic E-state index is 13.2. The van der Waals surface area contributed by atoms with Crippen LogP contribution in [0.5, 0.6) is 11.5 Å². The highest BCUT2D eigenvalue weighted by atomic mass is 35.5. The first-order chi connectivity index (χ1) is 8.34. The lowest BCUT2D eigenvalue weighted by Gasteiger charge is -2.23. The van der Waals surface area contributed by atoms with Crippen LogP contribution in [0.1, 0.15) is 10.9 Å². The number of rotatable bonds is 5. The minimum Gasteiger partial charge on any atom is -0.497 e. The molecule has 0 N–H and O–H groups in total. The van der Waals surface area contributed by atoms with Crippen molar-refractivity contribution in [2.24, 2.45) is 0 Å². The molecule has 0 radical (unpaired) electrons. The number of ether oxygens (including phenoxy) is 2. The molecule has 1 atom stereocenters. The Morgan fingerprint density at radius 2 is 1.78 bits per heavy atom. The number of benzene rings is 1. The van der Waals surface area contributed by atoms with Crippen LogP contribution in [0.3, 0.4) is 0 Å². The molecule has 0 aromatic heterocycles. The predicted molar refractivity (Wildman–Crippen MR) is 59.1 cm³/mol.